The minimum Gasteiger partial charge on any atom is -0.300 e. The van der Waals surface area contributed by atoms with Crippen LogP contribution in [-0.2, 0) is 4.79 Å². The van der Waals surface area contributed by atoms with Crippen LogP contribution in [0.4, 0.5) is 0 Å². The number of rotatable bonds is 14. The molecular weight excluding hydrogens is 356 g/mol. The highest BCUT2D eigenvalue weighted by Crippen LogP contribution is 2.26. The Kier molecular flexibility index (Phi) is 26.8. The zero-order valence-corrected chi connectivity index (χ0v) is 21.7. The largest absolute Gasteiger partial charge is 0.300 e. The molecule has 1 unspecified atom stereocenters. The third-order valence-electron chi connectivity index (χ3n) is 4.95. The molecule has 1 saturated heterocycles. The maximum absolute atomic E-state index is 10.5. The lowest BCUT2D eigenvalue weighted by atomic mass is 9.98. The Morgan fingerprint density at radius 3 is 1.59 bits per heavy atom. The lowest BCUT2D eigenvalue weighted by molar-refractivity contribution is -0.120. The van der Waals surface area contributed by atoms with Gasteiger partial charge in [-0.15, -0.1) is 6.58 Å². The molecule has 1 atom stereocenters. The fraction of sp³-hybridized carbons (Fsp3) is 0.885. The fourth-order valence-electron chi connectivity index (χ4n) is 3.10. The minimum absolute atomic E-state index is 0.216. The Hall–Kier alpha value is -0.670. The summed E-state index contributed by atoms with van der Waals surface area (Å²) >= 11 is 0. The molecule has 0 saturated carbocycles. The molecule has 0 radical (unpaired) electrons. The number of ketones is 1. The average molecular weight is 413 g/mol. The molecule has 0 bridgehead atoms. The van der Waals surface area contributed by atoms with Gasteiger partial charge in [-0.25, -0.2) is 10.9 Å². The van der Waals surface area contributed by atoms with Crippen LogP contribution < -0.4 is 10.9 Å². The Bertz CT molecular complexity index is 362. The molecule has 1 rings (SSSR count). The lowest BCUT2D eigenvalue weighted by Crippen LogP contribution is -2.17. The smallest absolute Gasteiger partial charge is 0.132 e. The van der Waals surface area contributed by atoms with E-state index in [-0.39, 0.29) is 11.6 Å². The van der Waals surface area contributed by atoms with Gasteiger partial charge in [0.1, 0.15) is 5.78 Å². The van der Waals surface area contributed by atoms with Crippen molar-refractivity contribution in [3.8, 4) is 0 Å². The summed E-state index contributed by atoms with van der Waals surface area (Å²) < 4.78 is 0. The molecule has 0 amide bonds. The van der Waals surface area contributed by atoms with Gasteiger partial charge in [0.15, 0.2) is 0 Å². The first-order valence-corrected chi connectivity index (χ1v) is 12.6. The zero-order valence-electron chi connectivity index (χ0n) is 21.7. The average Bonchev–Trinajstić information content (AvgIpc) is 3.46. The van der Waals surface area contributed by atoms with Gasteiger partial charge in [0, 0.05) is 12.3 Å². The van der Waals surface area contributed by atoms with E-state index in [2.05, 4.69) is 38.2 Å². The van der Waals surface area contributed by atoms with Gasteiger partial charge in [0.05, 0.1) is 5.66 Å². The number of carbonyl (C=O) groups is 1. The second kappa shape index (κ2) is 23.6. The summed E-state index contributed by atoms with van der Waals surface area (Å²) in [6.07, 6.45) is 15.6. The Morgan fingerprint density at radius 1 is 0.828 bits per heavy atom. The maximum atomic E-state index is 10.5. The molecule has 1 aliphatic heterocycles. The standard InChI is InChI=1S/C15H30N2.C7H14O.2C2H6/c1-4-5-6-7-8-9-10-11-12-15(16-17-15)13-14(2)3;1-4-5-6(2)7(3)8;2*1-2/h16-17H,2,4-13H2,1,3H3;6H,4-5H2,1-3H3;2*1-2H3. The number of unbranched alkanes of at least 4 members (excludes halogenated alkanes) is 7. The van der Waals surface area contributed by atoms with E-state index in [1.165, 1.54) is 63.4 Å². The summed E-state index contributed by atoms with van der Waals surface area (Å²) in [4.78, 5) is 10.5. The molecule has 2 N–H and O–H groups in total. The van der Waals surface area contributed by atoms with Crippen LogP contribution >= 0.6 is 0 Å². The van der Waals surface area contributed by atoms with Gasteiger partial charge < -0.3 is 0 Å². The molecule has 176 valence electrons. The lowest BCUT2D eigenvalue weighted by Gasteiger charge is -2.11. The second-order valence-electron chi connectivity index (χ2n) is 7.99. The van der Waals surface area contributed by atoms with Gasteiger partial charge in [-0.1, -0.05) is 112 Å². The van der Waals surface area contributed by atoms with E-state index in [0.717, 1.165) is 19.3 Å². The van der Waals surface area contributed by atoms with Crippen LogP contribution in [0.1, 0.15) is 139 Å². The number of carbonyl (C=O) groups excluding carboxylic acids is 1. The van der Waals surface area contributed by atoms with Crippen molar-refractivity contribution < 1.29 is 4.79 Å². The predicted octanol–water partition coefficient (Wildman–Crippen LogP) is 8.35. The second-order valence-corrected chi connectivity index (χ2v) is 7.99. The summed E-state index contributed by atoms with van der Waals surface area (Å²) in [5, 5.41) is 0. The molecule has 0 aromatic heterocycles. The van der Waals surface area contributed by atoms with E-state index in [0.29, 0.717) is 5.78 Å². The summed E-state index contributed by atoms with van der Waals surface area (Å²) in [6.45, 7) is 22.1. The van der Waals surface area contributed by atoms with Crippen molar-refractivity contribution in [3.63, 3.8) is 0 Å². The molecule has 0 aromatic carbocycles. The highest BCUT2D eigenvalue weighted by atomic mass is 16.1. The number of hydrazine groups is 1. The molecule has 1 heterocycles. The van der Waals surface area contributed by atoms with Gasteiger partial charge in [0.25, 0.3) is 0 Å². The van der Waals surface area contributed by atoms with E-state index < -0.39 is 0 Å². The highest BCUT2D eigenvalue weighted by Gasteiger charge is 2.40. The molecule has 0 aromatic rings. The molecule has 1 fully saturated rings. The van der Waals surface area contributed by atoms with E-state index in [4.69, 9.17) is 0 Å². The van der Waals surface area contributed by atoms with Crippen molar-refractivity contribution in [3.05, 3.63) is 12.2 Å². The van der Waals surface area contributed by atoms with Gasteiger partial charge in [-0.2, -0.15) is 0 Å². The van der Waals surface area contributed by atoms with Crippen LogP contribution in [-0.4, -0.2) is 11.4 Å². The maximum Gasteiger partial charge on any atom is 0.132 e. The van der Waals surface area contributed by atoms with Crippen LogP contribution in [0.2, 0.25) is 0 Å². The van der Waals surface area contributed by atoms with Gasteiger partial charge in [-0.3, -0.25) is 4.79 Å². The van der Waals surface area contributed by atoms with Gasteiger partial charge >= 0.3 is 0 Å². The third-order valence-corrected chi connectivity index (χ3v) is 4.95. The first-order valence-electron chi connectivity index (χ1n) is 12.6. The molecule has 1 aliphatic rings. The molecule has 0 aliphatic carbocycles. The first kappa shape index (κ1) is 33.0. The van der Waals surface area contributed by atoms with E-state index in [9.17, 15) is 4.79 Å². The van der Waals surface area contributed by atoms with Crippen LogP contribution in [0.25, 0.3) is 0 Å². The van der Waals surface area contributed by atoms with Crippen LogP contribution in [0.15, 0.2) is 12.2 Å². The Labute approximate surface area is 184 Å². The summed E-state index contributed by atoms with van der Waals surface area (Å²) in [5.74, 6) is 0.590. The molecular formula is C26H56N2O. The molecule has 3 nitrogen and oxygen atoms in total. The van der Waals surface area contributed by atoms with E-state index in [1.54, 1.807) is 6.92 Å². The van der Waals surface area contributed by atoms with Crippen molar-refractivity contribution in [2.75, 3.05) is 0 Å². The monoisotopic (exact) mass is 412 g/mol. The number of nitrogens with one attached hydrogen (secondary N) is 2. The SMILES string of the molecule is C=C(C)CC1(CCCCCCCCCC)NN1.CC.CC.CCCC(C)C(C)=O. The Balaban J connectivity index is -0.000000474. The predicted molar refractivity (Wildman–Crippen MR) is 133 cm³/mol. The fourth-order valence-corrected chi connectivity index (χ4v) is 3.10. The normalized spacial score (nSPS) is 14.1. The number of hydrogen-bond donors (Lipinski definition) is 2. The van der Waals surface area contributed by atoms with Crippen molar-refractivity contribution >= 4 is 5.78 Å². The summed E-state index contributed by atoms with van der Waals surface area (Å²) in [5.41, 5.74) is 8.06. The van der Waals surface area contributed by atoms with Gasteiger partial charge in [0.2, 0.25) is 0 Å². The quantitative estimate of drug-likeness (QED) is 0.171. The Morgan fingerprint density at radius 2 is 1.28 bits per heavy atom. The van der Waals surface area contributed by atoms with Gasteiger partial charge in [-0.05, 0) is 26.7 Å². The molecule has 0 spiro atoms. The zero-order chi connectivity index (χ0) is 23.1. The topological polar surface area (TPSA) is 61.0 Å². The molecule has 3 heteroatoms. The van der Waals surface area contributed by atoms with Crippen molar-refractivity contribution in [2.24, 2.45) is 5.92 Å². The van der Waals surface area contributed by atoms with Crippen molar-refractivity contribution in [1.29, 1.82) is 0 Å². The van der Waals surface area contributed by atoms with E-state index >= 15 is 0 Å². The third kappa shape index (κ3) is 23.5. The molecule has 29 heavy (non-hydrogen) atoms. The van der Waals surface area contributed by atoms with Crippen LogP contribution in [0, 0.1) is 5.92 Å². The first-order chi connectivity index (χ1) is 13.9. The number of hydrogen-bond acceptors (Lipinski definition) is 3. The van der Waals surface area contributed by atoms with Crippen molar-refractivity contribution in [1.82, 2.24) is 10.9 Å². The summed E-state index contributed by atoms with van der Waals surface area (Å²) in [6, 6.07) is 0. The van der Waals surface area contributed by atoms with Crippen molar-refractivity contribution in [2.45, 2.75) is 145 Å². The van der Waals surface area contributed by atoms with Crippen LogP contribution in [0.5, 0.6) is 0 Å². The number of Topliss-reactive ketones (excluding diaryl/α,β-unsaturated/α-hetero) is 1. The highest BCUT2D eigenvalue weighted by molar-refractivity contribution is 5.77. The van der Waals surface area contributed by atoms with E-state index in [1.807, 2.05) is 34.6 Å². The summed E-state index contributed by atoms with van der Waals surface area (Å²) in [7, 11) is 0. The van der Waals surface area contributed by atoms with Crippen LogP contribution in [0.3, 0.4) is 0 Å². The minimum atomic E-state index is 0.216.